The first-order valence-electron chi connectivity index (χ1n) is 25.8. The molecule has 0 unspecified atom stereocenters. The Morgan fingerprint density at radius 1 is 0.800 bits per heavy atom. The number of allylic oxidation sites excluding steroid dienone is 3. The molecule has 2 aliphatic carbocycles. The van der Waals surface area contributed by atoms with Crippen LogP contribution in [-0.2, 0) is 16.0 Å². The number of rotatable bonds is 15. The van der Waals surface area contributed by atoms with Gasteiger partial charge in [0.25, 0.3) is 5.91 Å². The Kier molecular flexibility index (Phi) is 13.8. The normalized spacial score (nSPS) is 17.9. The number of carbonyl (C=O) groups excluding carboxylic acids is 4. The largest absolute Gasteiger partial charge is 0.351 e. The number of halogens is 2. The lowest BCUT2D eigenvalue weighted by Gasteiger charge is -2.30. The van der Waals surface area contributed by atoms with Gasteiger partial charge in [-0.1, -0.05) is 24.3 Å². The van der Waals surface area contributed by atoms with E-state index < -0.39 is 53.1 Å². The molecule has 1 fully saturated rings. The van der Waals surface area contributed by atoms with Crippen LogP contribution in [0.5, 0.6) is 0 Å². The van der Waals surface area contributed by atoms with E-state index in [1.807, 2.05) is 45.1 Å². The van der Waals surface area contributed by atoms with E-state index in [1.165, 1.54) is 39.1 Å². The molecule has 6 amide bonds. The highest BCUT2D eigenvalue weighted by molar-refractivity contribution is 6.08. The minimum absolute atomic E-state index is 0.0593. The average Bonchev–Trinajstić information content (AvgIpc) is 4.31. The summed E-state index contributed by atoms with van der Waals surface area (Å²) in [6, 6.07) is 11.1. The summed E-state index contributed by atoms with van der Waals surface area (Å²) in [5, 5.41) is 32.1. The second-order valence-electron chi connectivity index (χ2n) is 20.2. The Morgan fingerprint density at radius 3 is 2.05 bits per heavy atom. The second-order valence-corrected chi connectivity index (χ2v) is 20.2. The maximum atomic E-state index is 15.5. The number of hydrogen-bond donors (Lipinski definition) is 6. The number of nitrogens with one attached hydrogen (secondary N) is 5. The van der Waals surface area contributed by atoms with Crippen LogP contribution in [0.4, 0.5) is 41.6 Å². The number of hydrogen-bond acceptors (Lipinski definition) is 16. The zero-order valence-electron chi connectivity index (χ0n) is 44.1. The molecule has 11 rings (SSSR count). The molecule has 80 heavy (non-hydrogen) atoms. The van der Waals surface area contributed by atoms with E-state index in [9.17, 15) is 23.6 Å². The van der Waals surface area contributed by atoms with Crippen molar-refractivity contribution in [1.82, 2.24) is 85.0 Å². The van der Waals surface area contributed by atoms with Gasteiger partial charge >= 0.3 is 12.1 Å². The van der Waals surface area contributed by atoms with Crippen LogP contribution in [-0.4, -0.2) is 109 Å². The number of anilines is 4. The van der Waals surface area contributed by atoms with Crippen LogP contribution in [0.3, 0.4) is 0 Å². The minimum Gasteiger partial charge on any atom is -0.351 e. The van der Waals surface area contributed by atoms with Crippen molar-refractivity contribution in [3.05, 3.63) is 155 Å². The van der Waals surface area contributed by atoms with Crippen LogP contribution >= 0.6 is 0 Å². The third-order valence-electron chi connectivity index (χ3n) is 14.5. The minimum atomic E-state index is -1.13. The predicted molar refractivity (Wildman–Crippen MR) is 286 cm³/mol. The van der Waals surface area contributed by atoms with Gasteiger partial charge in [0.05, 0.1) is 30.7 Å². The highest BCUT2D eigenvalue weighted by atomic mass is 19.1. The lowest BCUT2D eigenvalue weighted by molar-refractivity contribution is -0.134. The van der Waals surface area contributed by atoms with Crippen molar-refractivity contribution in [3.63, 3.8) is 0 Å². The molecule has 4 atom stereocenters. The molecular formula is C54H54F2N20O4. The van der Waals surface area contributed by atoms with E-state index in [0.29, 0.717) is 101 Å². The Balaban J connectivity index is 0.695. The van der Waals surface area contributed by atoms with E-state index in [4.69, 9.17) is 15.7 Å². The molecule has 1 saturated heterocycles. The highest BCUT2D eigenvalue weighted by Gasteiger charge is 2.53. The van der Waals surface area contributed by atoms with Crippen molar-refractivity contribution >= 4 is 58.3 Å². The lowest BCUT2D eigenvalue weighted by atomic mass is 9.82. The van der Waals surface area contributed by atoms with Crippen LogP contribution in [0.2, 0.25) is 0 Å². The van der Waals surface area contributed by atoms with Crippen molar-refractivity contribution in [2.75, 3.05) is 10.6 Å². The molecule has 9 heterocycles. The van der Waals surface area contributed by atoms with Gasteiger partial charge in [0.15, 0.2) is 46.6 Å². The van der Waals surface area contributed by atoms with Gasteiger partial charge in [-0.2, -0.15) is 20.4 Å². The molecule has 0 bridgehead atoms. The third-order valence-corrected chi connectivity index (χ3v) is 14.5. The van der Waals surface area contributed by atoms with Crippen molar-refractivity contribution in [1.29, 1.82) is 0 Å². The van der Waals surface area contributed by atoms with Gasteiger partial charge in [0.2, 0.25) is 5.91 Å². The maximum Gasteiger partial charge on any atom is 0.325 e. The molecule has 3 aliphatic rings. The molecule has 0 radical (unpaired) electrons. The van der Waals surface area contributed by atoms with Gasteiger partial charge in [-0.25, -0.2) is 57.6 Å². The lowest BCUT2D eigenvalue weighted by Crippen LogP contribution is -2.48. The first-order valence-corrected chi connectivity index (χ1v) is 25.8. The highest BCUT2D eigenvalue weighted by Crippen LogP contribution is 2.39. The summed E-state index contributed by atoms with van der Waals surface area (Å²) in [5.41, 5.74) is 10.6. The summed E-state index contributed by atoms with van der Waals surface area (Å²) in [6.45, 7) is 9.06. The van der Waals surface area contributed by atoms with E-state index in [1.54, 1.807) is 50.2 Å². The SMILES string of the molecule is Cc1cc(Nc2cc(C)[nH]n2)nc(C2=CC[C@@H](C(=O)N(C(N)=O)[C@@H](C)c3ccc(-n4cc(F)c(Cc5cc(Nc6cc(C)nc(C7=CC[C@]8(CC7)NC(=O)N([C@@H](C)c7ccc(-n9cc(F)cn9)nc7)C8=O)n6)n[nH]5)n4)nc3)CC2)n1. The van der Waals surface area contributed by atoms with Crippen LogP contribution in [0.25, 0.3) is 22.8 Å². The molecule has 408 valence electrons. The molecule has 1 spiro atoms. The fraction of sp³-hybridized carbons (Fsp3) is 0.296. The molecule has 26 heteroatoms. The molecule has 1 aliphatic heterocycles. The monoisotopic (exact) mass is 1080 g/mol. The van der Waals surface area contributed by atoms with E-state index in [0.717, 1.165) is 33.6 Å². The Labute approximate surface area is 455 Å². The van der Waals surface area contributed by atoms with E-state index in [2.05, 4.69) is 66.5 Å². The van der Waals surface area contributed by atoms with Crippen LogP contribution in [0, 0.1) is 38.3 Å². The molecule has 0 saturated carbocycles. The van der Waals surface area contributed by atoms with Crippen molar-refractivity contribution in [2.45, 2.75) is 97.2 Å². The van der Waals surface area contributed by atoms with Gasteiger partial charge < -0.3 is 21.7 Å². The average molecular weight is 1090 g/mol. The molecule has 8 aromatic heterocycles. The van der Waals surface area contributed by atoms with Gasteiger partial charge in [-0.3, -0.25) is 29.6 Å². The van der Waals surface area contributed by atoms with E-state index in [-0.39, 0.29) is 24.4 Å². The summed E-state index contributed by atoms with van der Waals surface area (Å²) < 4.78 is 31.6. The Hall–Kier alpha value is -9.88. The molecular weight excluding hydrogens is 1030 g/mol. The van der Waals surface area contributed by atoms with E-state index >= 15 is 4.39 Å². The van der Waals surface area contributed by atoms with Crippen molar-refractivity contribution in [3.8, 4) is 11.6 Å². The fourth-order valence-electron chi connectivity index (χ4n) is 10.2. The smallest absolute Gasteiger partial charge is 0.325 e. The summed E-state index contributed by atoms with van der Waals surface area (Å²) in [6.07, 6.45) is 12.7. The fourth-order valence-corrected chi connectivity index (χ4v) is 10.2. The maximum absolute atomic E-state index is 15.5. The molecule has 0 aromatic carbocycles. The summed E-state index contributed by atoms with van der Waals surface area (Å²) in [4.78, 5) is 84.0. The summed E-state index contributed by atoms with van der Waals surface area (Å²) in [7, 11) is 0. The third kappa shape index (κ3) is 10.6. The van der Waals surface area contributed by atoms with Crippen LogP contribution in [0.15, 0.2) is 91.7 Å². The van der Waals surface area contributed by atoms with Gasteiger partial charge in [-0.15, -0.1) is 0 Å². The number of aryl methyl sites for hydroxylation is 3. The van der Waals surface area contributed by atoms with Gasteiger partial charge in [-0.05, 0) is 108 Å². The van der Waals surface area contributed by atoms with Gasteiger partial charge in [0.1, 0.15) is 22.9 Å². The Morgan fingerprint density at radius 2 is 1.46 bits per heavy atom. The standard InChI is InChI=1S/C54H54F2N20O4/c1-28-18-42(63-44-20-30(3)68-70-44)65-48(61-28)33-6-8-35(9-7-33)50(77)75(52(57)79)31(4)36-11-13-47(59-23-36)74-27-40(56)41(72-74)21-39-22-45(71-69-39)64-43-19-29(2)62-49(66-43)34-14-16-54(17-15-34)51(78)76(53(80)67-54)32(5)37-10-12-46(58-24-37)73-26-38(55)25-60-73/h6,10-14,18-20,22-27,31-32,35H,7-9,15-17,21H2,1-5H3,(H2,57,79)(H,67,80)(H2,61,63,65,68,70)(H2,62,64,66,69,71)/t31-,32-,35+,54+/m0/s1. The van der Waals surface area contributed by atoms with Crippen molar-refractivity contribution < 1.29 is 28.0 Å². The van der Waals surface area contributed by atoms with Crippen LogP contribution in [0.1, 0.15) is 116 Å². The number of urea groups is 2. The molecule has 8 aromatic rings. The number of primary amides is 1. The topological polar surface area (TPSA) is 307 Å². The zero-order chi connectivity index (χ0) is 56.0. The number of aromatic nitrogens is 14. The molecule has 7 N–H and O–H groups in total. The molecule has 24 nitrogen and oxygen atoms in total. The summed E-state index contributed by atoms with van der Waals surface area (Å²) >= 11 is 0. The Bertz CT molecular complexity index is 3770. The number of aromatic amines is 2. The van der Waals surface area contributed by atoms with Crippen molar-refractivity contribution in [2.24, 2.45) is 11.7 Å². The van der Waals surface area contributed by atoms with Crippen LogP contribution < -0.4 is 21.7 Å². The van der Waals surface area contributed by atoms with Gasteiger partial charge in [0, 0.05) is 71.8 Å². The quantitative estimate of drug-likeness (QED) is 0.0538. The second kappa shape index (κ2) is 21.2. The predicted octanol–water partition coefficient (Wildman–Crippen LogP) is 7.63. The number of imide groups is 2. The number of H-pyrrole nitrogens is 2. The number of carbonyl (C=O) groups is 4. The summed E-state index contributed by atoms with van der Waals surface area (Å²) in [5.74, 6) is 1.45. The zero-order valence-corrected chi connectivity index (χ0v) is 44.1. The first-order chi connectivity index (χ1) is 38.4. The number of pyridine rings is 2. The number of nitrogens with zero attached hydrogens (tertiary/aromatic N) is 14. The first kappa shape index (κ1) is 52.2. The number of amides is 6. The number of nitrogens with two attached hydrogens (primary N) is 1.